The average molecular weight is 129 g/mol. The molecule has 8 heavy (non-hydrogen) atoms. The molecule has 0 saturated heterocycles. The second kappa shape index (κ2) is 1.78. The summed E-state index contributed by atoms with van der Waals surface area (Å²) < 4.78 is 0.0903. The zero-order valence-corrected chi connectivity index (χ0v) is 4.46. The summed E-state index contributed by atoms with van der Waals surface area (Å²) in [6.07, 6.45) is 0. The third-order valence-corrected chi connectivity index (χ3v) is 0.800. The van der Waals surface area contributed by atoms with Gasteiger partial charge >= 0.3 is 0 Å². The minimum atomic E-state index is 0.0903. The normalized spacial score (nSPS) is 9.00. The second-order valence-electron chi connectivity index (χ2n) is 0.984. The van der Waals surface area contributed by atoms with E-state index in [9.17, 15) is 0 Å². The van der Waals surface area contributed by atoms with Crippen molar-refractivity contribution in [1.29, 1.82) is 0 Å². The maximum absolute atomic E-state index is 8.02. The molecule has 1 aromatic rings. The minimum Gasteiger partial charge on any atom is -0.360 e. The standard InChI is InChI=1S/CHN6S/c2-4-7-1(8)3-5-6-7/h(H,3,6,8)/q-1. The number of aromatic amines is 1. The summed E-state index contributed by atoms with van der Waals surface area (Å²) in [6, 6.07) is 0. The Morgan fingerprint density at radius 3 is 2.88 bits per heavy atom. The summed E-state index contributed by atoms with van der Waals surface area (Å²) in [4.78, 5) is 0.856. The van der Waals surface area contributed by atoms with E-state index in [1.807, 2.05) is 0 Å². The molecule has 42 valence electrons. The molecule has 0 aromatic carbocycles. The first-order valence-electron chi connectivity index (χ1n) is 1.70. The van der Waals surface area contributed by atoms with Crippen molar-refractivity contribution in [2.24, 2.45) is 5.22 Å². The summed E-state index contributed by atoms with van der Waals surface area (Å²) in [5.74, 6) is 0. The van der Waals surface area contributed by atoms with Crippen molar-refractivity contribution >= 4 is 12.2 Å². The van der Waals surface area contributed by atoms with Gasteiger partial charge in [-0.2, -0.15) is 0 Å². The molecule has 0 aliphatic carbocycles. The smallest absolute Gasteiger partial charge is 0.171 e. The van der Waals surface area contributed by atoms with E-state index < -0.39 is 0 Å². The van der Waals surface area contributed by atoms with Gasteiger partial charge in [-0.1, -0.05) is 17.4 Å². The second-order valence-corrected chi connectivity index (χ2v) is 1.35. The summed E-state index contributed by atoms with van der Waals surface area (Å²) in [6.45, 7) is 0. The molecule has 7 heteroatoms. The highest BCUT2D eigenvalue weighted by Gasteiger charge is 1.76. The molecule has 0 atom stereocenters. The van der Waals surface area contributed by atoms with Gasteiger partial charge < -0.3 is 5.53 Å². The maximum Gasteiger partial charge on any atom is 0.171 e. The largest absolute Gasteiger partial charge is 0.360 e. The lowest BCUT2D eigenvalue weighted by atomic mass is 11.4. The fourth-order valence-corrected chi connectivity index (χ4v) is 0.369. The van der Waals surface area contributed by atoms with Crippen LogP contribution >= 0.6 is 12.2 Å². The van der Waals surface area contributed by atoms with Gasteiger partial charge in [-0.05, 0) is 0 Å². The van der Waals surface area contributed by atoms with Crippen LogP contribution in [0.5, 0.6) is 0 Å². The Balaban J connectivity index is 3.30. The molecule has 0 fully saturated rings. The van der Waals surface area contributed by atoms with Crippen LogP contribution in [0.3, 0.4) is 0 Å². The highest BCUT2D eigenvalue weighted by molar-refractivity contribution is 7.71. The molecule has 0 aliphatic rings. The lowest BCUT2D eigenvalue weighted by molar-refractivity contribution is 0.678. The van der Waals surface area contributed by atoms with Gasteiger partial charge in [0.2, 0.25) is 0 Å². The van der Waals surface area contributed by atoms with E-state index in [2.05, 4.69) is 33.0 Å². The summed E-state index contributed by atoms with van der Waals surface area (Å²) >= 11 is 4.49. The molecule has 0 saturated carbocycles. The lowest BCUT2D eigenvalue weighted by Crippen LogP contribution is -1.86. The molecule has 6 nitrogen and oxygen atoms in total. The molecule has 0 bridgehead atoms. The molecule has 1 N–H and O–H groups in total. The Kier molecular flexibility index (Phi) is 1.12. The van der Waals surface area contributed by atoms with E-state index in [1.54, 1.807) is 0 Å². The number of nitrogens with one attached hydrogen (secondary N) is 1. The number of hydrogen-bond donors (Lipinski definition) is 1. The van der Waals surface area contributed by atoms with Crippen LogP contribution in [0.1, 0.15) is 0 Å². The zero-order chi connectivity index (χ0) is 5.98. The first-order valence-corrected chi connectivity index (χ1v) is 2.11. The first-order chi connectivity index (χ1) is 3.84. The Labute approximate surface area is 49.0 Å². The fraction of sp³-hybridized carbons (Fsp3) is 0. The van der Waals surface area contributed by atoms with Crippen LogP contribution < -0.4 is 0 Å². The molecule has 0 amide bonds. The third-order valence-electron chi connectivity index (χ3n) is 0.546. The molecule has 1 aromatic heterocycles. The van der Waals surface area contributed by atoms with Gasteiger partial charge in [-0.25, -0.2) is 4.79 Å². The van der Waals surface area contributed by atoms with Gasteiger partial charge in [0, 0.05) is 0 Å². The monoisotopic (exact) mass is 129 g/mol. The highest BCUT2D eigenvalue weighted by atomic mass is 32.1. The van der Waals surface area contributed by atoms with Crippen molar-refractivity contribution < 1.29 is 0 Å². The average Bonchev–Trinajstić information content (AvgIpc) is 2.14. The number of H-pyrrole nitrogens is 1. The third kappa shape index (κ3) is 0.624. The predicted molar refractivity (Wildman–Crippen MR) is 26.4 cm³/mol. The highest BCUT2D eigenvalue weighted by Crippen LogP contribution is 1.78. The van der Waals surface area contributed by atoms with E-state index in [0.717, 1.165) is 4.79 Å². The fourth-order valence-electron chi connectivity index (χ4n) is 0.251. The van der Waals surface area contributed by atoms with Crippen molar-refractivity contribution in [1.82, 2.24) is 20.3 Å². The minimum absolute atomic E-state index is 0.0903. The molecular weight excluding hydrogens is 128 g/mol. The Morgan fingerprint density at radius 2 is 2.62 bits per heavy atom. The lowest BCUT2D eigenvalue weighted by Gasteiger charge is -1.91. The van der Waals surface area contributed by atoms with Gasteiger partial charge in [-0.3, -0.25) is 10.4 Å². The number of rotatable bonds is 1. The van der Waals surface area contributed by atoms with Crippen molar-refractivity contribution in [3.63, 3.8) is 0 Å². The Morgan fingerprint density at radius 1 is 1.88 bits per heavy atom. The van der Waals surface area contributed by atoms with Crippen LogP contribution in [0.25, 0.3) is 5.53 Å². The first kappa shape index (κ1) is 5.04. The van der Waals surface area contributed by atoms with Crippen molar-refractivity contribution in [3.8, 4) is 0 Å². The molecular formula is CHN6S-. The van der Waals surface area contributed by atoms with Gasteiger partial charge in [0.1, 0.15) is 0 Å². The van der Waals surface area contributed by atoms with Gasteiger partial charge in [-0.15, -0.1) is 5.10 Å². The number of nitrogens with zero attached hydrogens (tertiary/aromatic N) is 5. The maximum atomic E-state index is 8.02. The number of hydrogen-bond acceptors (Lipinski definition) is 4. The van der Waals surface area contributed by atoms with Crippen LogP contribution in [-0.4, -0.2) is 20.3 Å². The summed E-state index contributed by atoms with van der Waals surface area (Å²) in [5.41, 5.74) is 8.02. The summed E-state index contributed by atoms with van der Waals surface area (Å²) in [5, 5.41) is 11.4. The topological polar surface area (TPSA) is 81.2 Å². The van der Waals surface area contributed by atoms with Crippen LogP contribution in [0, 0.1) is 4.77 Å². The van der Waals surface area contributed by atoms with Crippen LogP contribution in [0.4, 0.5) is 0 Å². The van der Waals surface area contributed by atoms with Crippen LogP contribution in [-0.2, 0) is 0 Å². The number of tetrazole rings is 1. The quantitative estimate of drug-likeness (QED) is 0.432. The molecule has 0 spiro atoms. The van der Waals surface area contributed by atoms with Crippen molar-refractivity contribution in [2.45, 2.75) is 0 Å². The van der Waals surface area contributed by atoms with E-state index in [4.69, 9.17) is 5.53 Å². The zero-order valence-electron chi connectivity index (χ0n) is 3.64. The van der Waals surface area contributed by atoms with Gasteiger partial charge in [0.05, 0.1) is 0 Å². The van der Waals surface area contributed by atoms with Crippen molar-refractivity contribution in [2.75, 3.05) is 0 Å². The van der Waals surface area contributed by atoms with E-state index >= 15 is 0 Å². The van der Waals surface area contributed by atoms with Gasteiger partial charge in [0.15, 0.2) is 4.77 Å². The number of aromatic nitrogens is 4. The molecule has 1 heterocycles. The van der Waals surface area contributed by atoms with Gasteiger partial charge in [0.25, 0.3) is 0 Å². The molecule has 0 aliphatic heterocycles. The molecule has 0 unspecified atom stereocenters. The van der Waals surface area contributed by atoms with E-state index in [-0.39, 0.29) is 4.77 Å². The SMILES string of the molecule is [N-]=Nn1[nH]nnc1=S. The van der Waals surface area contributed by atoms with E-state index in [1.165, 1.54) is 0 Å². The van der Waals surface area contributed by atoms with Crippen LogP contribution in [0.2, 0.25) is 0 Å². The van der Waals surface area contributed by atoms with Crippen molar-refractivity contribution in [3.05, 3.63) is 10.3 Å². The molecule has 1 rings (SSSR count). The summed E-state index contributed by atoms with van der Waals surface area (Å²) in [7, 11) is 0. The van der Waals surface area contributed by atoms with E-state index in [0.29, 0.717) is 0 Å². The Hall–Kier alpha value is -1.11. The predicted octanol–water partition coefficient (Wildman–Crippen LogP) is 0.120. The molecule has 0 radical (unpaired) electrons. The van der Waals surface area contributed by atoms with Crippen LogP contribution in [0.15, 0.2) is 5.22 Å². The Bertz CT molecular complexity index is 231.